The number of amides is 2. The van der Waals surface area contributed by atoms with E-state index in [4.69, 9.17) is 9.15 Å². The lowest BCUT2D eigenvalue weighted by atomic mass is 9.97. The molecule has 2 N–H and O–H groups in total. The number of hydrogen-bond acceptors (Lipinski definition) is 5. The van der Waals surface area contributed by atoms with Crippen LogP contribution < -0.4 is 15.6 Å². The van der Waals surface area contributed by atoms with Crippen molar-refractivity contribution in [2.75, 3.05) is 20.2 Å². The van der Waals surface area contributed by atoms with E-state index in [0.717, 1.165) is 35.2 Å². The van der Waals surface area contributed by atoms with Crippen LogP contribution in [0.2, 0.25) is 0 Å². The summed E-state index contributed by atoms with van der Waals surface area (Å²) in [5.41, 5.74) is 5.77. The number of nitrogens with one attached hydrogen (secondary N) is 2. The molecule has 3 aromatic rings. The second-order valence-electron chi connectivity index (χ2n) is 7.36. The summed E-state index contributed by atoms with van der Waals surface area (Å²) in [7, 11) is 1.63. The number of hydrogen-bond donors (Lipinski definition) is 2. The molecule has 1 aromatic heterocycles. The molecule has 0 aliphatic heterocycles. The molecule has 0 saturated heterocycles. The zero-order chi connectivity index (χ0) is 22.4. The third kappa shape index (κ3) is 5.44. The van der Waals surface area contributed by atoms with Crippen LogP contribution in [-0.2, 0) is 11.3 Å². The molecule has 1 atom stereocenters. The van der Waals surface area contributed by atoms with E-state index in [-0.39, 0.29) is 11.7 Å². The summed E-state index contributed by atoms with van der Waals surface area (Å²) < 4.78 is 10.9. The second kappa shape index (κ2) is 10.1. The Morgan fingerprint density at radius 3 is 2.42 bits per heavy atom. The van der Waals surface area contributed by atoms with Crippen LogP contribution in [-0.4, -0.2) is 36.9 Å². The average Bonchev–Trinajstić information content (AvgIpc) is 3.28. The Bertz CT molecular complexity index is 1060. The number of benzene rings is 2. The smallest absolute Gasteiger partial charge is 0.305 e. The lowest BCUT2D eigenvalue weighted by molar-refractivity contribution is -0.123. The fourth-order valence-electron chi connectivity index (χ4n) is 3.33. The summed E-state index contributed by atoms with van der Waals surface area (Å²) in [5.74, 6) is 0.415. The molecule has 0 spiro atoms. The van der Waals surface area contributed by atoms with Crippen molar-refractivity contribution in [1.82, 2.24) is 15.8 Å². The van der Waals surface area contributed by atoms with Gasteiger partial charge in [-0.1, -0.05) is 38.1 Å². The number of carbonyl (C=O) groups excluding carboxylic acids is 2. The summed E-state index contributed by atoms with van der Waals surface area (Å²) in [6, 6.07) is 15.0. The van der Waals surface area contributed by atoms with Gasteiger partial charge in [0.1, 0.15) is 11.5 Å². The van der Waals surface area contributed by atoms with E-state index in [2.05, 4.69) is 29.6 Å². The Labute approximate surface area is 182 Å². The first-order valence-corrected chi connectivity index (χ1v) is 10.4. The van der Waals surface area contributed by atoms with Gasteiger partial charge in [-0.3, -0.25) is 25.3 Å². The van der Waals surface area contributed by atoms with Crippen LogP contribution in [0.1, 0.15) is 48.6 Å². The minimum atomic E-state index is -0.489. The minimum Gasteiger partial charge on any atom is -0.497 e. The molecule has 7 heteroatoms. The highest BCUT2D eigenvalue weighted by atomic mass is 16.5. The van der Waals surface area contributed by atoms with Gasteiger partial charge in [0.05, 0.1) is 19.6 Å². The normalized spacial score (nSPS) is 12.0. The Balaban J connectivity index is 1.59. The van der Waals surface area contributed by atoms with Crippen LogP contribution in [0.4, 0.5) is 0 Å². The van der Waals surface area contributed by atoms with Crippen LogP contribution in [0.3, 0.4) is 0 Å². The quantitative estimate of drug-likeness (QED) is 0.538. The molecular formula is C24H29N3O4. The molecular weight excluding hydrogens is 394 g/mol. The van der Waals surface area contributed by atoms with E-state index in [1.165, 1.54) is 0 Å². The highest BCUT2D eigenvalue weighted by Gasteiger charge is 2.18. The Morgan fingerprint density at radius 1 is 1.00 bits per heavy atom. The van der Waals surface area contributed by atoms with E-state index >= 15 is 0 Å². The summed E-state index contributed by atoms with van der Waals surface area (Å²) >= 11 is 0. The molecule has 164 valence electrons. The van der Waals surface area contributed by atoms with Gasteiger partial charge in [-0.15, -0.1) is 0 Å². The number of rotatable bonds is 8. The summed E-state index contributed by atoms with van der Waals surface area (Å²) in [6.45, 7) is 8.37. The predicted molar refractivity (Wildman–Crippen MR) is 120 cm³/mol. The number of fused-ring (bicyclic) bond motifs is 1. The molecule has 2 amide bonds. The zero-order valence-electron chi connectivity index (χ0n) is 18.4. The molecule has 0 bridgehead atoms. The van der Waals surface area contributed by atoms with Crippen molar-refractivity contribution >= 4 is 22.6 Å². The second-order valence-corrected chi connectivity index (χ2v) is 7.36. The number of hydrazine groups is 1. The molecule has 31 heavy (non-hydrogen) atoms. The molecule has 0 fully saturated rings. The fraction of sp³-hybridized carbons (Fsp3) is 0.333. The van der Waals surface area contributed by atoms with E-state index in [0.29, 0.717) is 12.3 Å². The van der Waals surface area contributed by atoms with Crippen LogP contribution in [0.5, 0.6) is 5.75 Å². The van der Waals surface area contributed by atoms with Crippen molar-refractivity contribution in [2.45, 2.75) is 33.2 Å². The van der Waals surface area contributed by atoms with E-state index in [1.807, 2.05) is 36.4 Å². The molecule has 0 aliphatic rings. The Hall–Kier alpha value is -3.32. The summed E-state index contributed by atoms with van der Waals surface area (Å²) in [5, 5.41) is 2.04. The van der Waals surface area contributed by atoms with Crippen LogP contribution in [0.25, 0.3) is 10.8 Å². The van der Waals surface area contributed by atoms with E-state index in [9.17, 15) is 9.59 Å². The van der Waals surface area contributed by atoms with Crippen molar-refractivity contribution in [1.29, 1.82) is 0 Å². The molecule has 7 nitrogen and oxygen atoms in total. The Morgan fingerprint density at radius 2 is 1.71 bits per heavy atom. The van der Waals surface area contributed by atoms with Crippen LogP contribution in [0, 0.1) is 0 Å². The van der Waals surface area contributed by atoms with Crippen LogP contribution >= 0.6 is 0 Å². The summed E-state index contributed by atoms with van der Waals surface area (Å²) in [6.07, 6.45) is 0. The Kier molecular flexibility index (Phi) is 7.31. The molecule has 0 unspecified atom stereocenters. The van der Waals surface area contributed by atoms with Gasteiger partial charge in [0, 0.05) is 0 Å². The van der Waals surface area contributed by atoms with Crippen molar-refractivity contribution in [3.05, 3.63) is 65.6 Å². The maximum Gasteiger partial charge on any atom is 0.305 e. The van der Waals surface area contributed by atoms with Gasteiger partial charge in [-0.05, 0) is 60.6 Å². The van der Waals surface area contributed by atoms with Gasteiger partial charge < -0.3 is 9.15 Å². The zero-order valence-corrected chi connectivity index (χ0v) is 18.4. The van der Waals surface area contributed by atoms with Gasteiger partial charge in [0.25, 0.3) is 0 Å². The number of furan rings is 1. The number of carbonyl (C=O) groups is 2. The fourth-order valence-corrected chi connectivity index (χ4v) is 3.33. The van der Waals surface area contributed by atoms with Gasteiger partial charge in [-0.25, -0.2) is 0 Å². The standard InChI is InChI=1S/C24H29N3O4/c1-5-27(6-2)15-21-11-12-22(31-21)24(29)26-25-23(28)16(3)17-7-8-19-14-20(30-4)10-9-18(19)13-17/h7-14,16H,5-6,15H2,1-4H3,(H,25,28)(H,26,29)/t16-/m0/s1. The SMILES string of the molecule is CCN(CC)Cc1ccc(C(=O)NNC(=O)[C@@H](C)c2ccc3cc(OC)ccc3c2)o1. The molecule has 0 radical (unpaired) electrons. The maximum absolute atomic E-state index is 12.6. The lowest BCUT2D eigenvalue weighted by Gasteiger charge is -2.15. The van der Waals surface area contributed by atoms with Crippen molar-refractivity contribution in [2.24, 2.45) is 0 Å². The predicted octanol–water partition coefficient (Wildman–Crippen LogP) is 3.85. The molecule has 1 heterocycles. The van der Waals surface area contributed by atoms with Crippen molar-refractivity contribution in [3.63, 3.8) is 0 Å². The largest absolute Gasteiger partial charge is 0.497 e. The first-order chi connectivity index (χ1) is 14.9. The molecule has 0 aliphatic carbocycles. The summed E-state index contributed by atoms with van der Waals surface area (Å²) in [4.78, 5) is 27.1. The topological polar surface area (TPSA) is 83.8 Å². The number of methoxy groups -OCH3 is 1. The van der Waals surface area contributed by atoms with Gasteiger partial charge in [0.15, 0.2) is 5.76 Å². The first kappa shape index (κ1) is 22.4. The highest BCUT2D eigenvalue weighted by Crippen LogP contribution is 2.25. The highest BCUT2D eigenvalue weighted by molar-refractivity contribution is 5.94. The third-order valence-electron chi connectivity index (χ3n) is 5.42. The number of nitrogens with zero attached hydrogens (tertiary/aromatic N) is 1. The molecule has 0 saturated carbocycles. The van der Waals surface area contributed by atoms with Gasteiger partial charge in [0.2, 0.25) is 5.91 Å². The monoisotopic (exact) mass is 423 g/mol. The first-order valence-electron chi connectivity index (χ1n) is 10.4. The molecule has 2 aromatic carbocycles. The van der Waals surface area contributed by atoms with Crippen molar-refractivity contribution in [3.8, 4) is 5.75 Å². The number of ether oxygens (including phenoxy) is 1. The minimum absolute atomic E-state index is 0.162. The van der Waals surface area contributed by atoms with Gasteiger partial charge >= 0.3 is 5.91 Å². The average molecular weight is 424 g/mol. The lowest BCUT2D eigenvalue weighted by Crippen LogP contribution is -2.43. The van der Waals surface area contributed by atoms with Gasteiger partial charge in [-0.2, -0.15) is 0 Å². The third-order valence-corrected chi connectivity index (χ3v) is 5.42. The van der Waals surface area contributed by atoms with E-state index in [1.54, 1.807) is 26.2 Å². The van der Waals surface area contributed by atoms with E-state index < -0.39 is 11.8 Å². The molecule has 3 rings (SSSR count). The van der Waals surface area contributed by atoms with Crippen molar-refractivity contribution < 1.29 is 18.7 Å². The maximum atomic E-state index is 12.6. The van der Waals surface area contributed by atoms with Crippen LogP contribution in [0.15, 0.2) is 52.9 Å².